The van der Waals surface area contributed by atoms with E-state index in [1.807, 2.05) is 6.07 Å². The fourth-order valence-electron chi connectivity index (χ4n) is 1.37. The third-order valence-corrected chi connectivity index (χ3v) is 2.88. The first kappa shape index (κ1) is 11.2. The highest BCUT2D eigenvalue weighted by atomic mass is 35.5. The highest BCUT2D eigenvalue weighted by molar-refractivity contribution is 6.42. The van der Waals surface area contributed by atoms with Gasteiger partial charge in [0.1, 0.15) is 0 Å². The lowest BCUT2D eigenvalue weighted by atomic mass is 10.2. The van der Waals surface area contributed by atoms with E-state index >= 15 is 0 Å². The molecule has 1 saturated heterocycles. The molecular formula is C10H11Cl2NO2. The Balaban J connectivity index is 2.12. The van der Waals surface area contributed by atoms with E-state index in [-0.39, 0.29) is 12.3 Å². The number of rotatable bonds is 1. The van der Waals surface area contributed by atoms with Gasteiger partial charge in [0.25, 0.3) is 0 Å². The Labute approximate surface area is 98.1 Å². The van der Waals surface area contributed by atoms with Crippen molar-refractivity contribution in [3.05, 3.63) is 33.8 Å². The molecule has 0 bridgehead atoms. The van der Waals surface area contributed by atoms with Crippen LogP contribution in [0.25, 0.3) is 0 Å². The van der Waals surface area contributed by atoms with Crippen molar-refractivity contribution in [2.24, 2.45) is 5.73 Å². The summed E-state index contributed by atoms with van der Waals surface area (Å²) in [7, 11) is 0. The number of halogens is 2. The van der Waals surface area contributed by atoms with Crippen molar-refractivity contribution < 1.29 is 9.47 Å². The van der Waals surface area contributed by atoms with Crippen LogP contribution in [0.3, 0.4) is 0 Å². The first-order valence-corrected chi connectivity index (χ1v) is 5.36. The summed E-state index contributed by atoms with van der Waals surface area (Å²) < 4.78 is 10.8. The zero-order valence-corrected chi connectivity index (χ0v) is 9.46. The smallest absolute Gasteiger partial charge is 0.184 e. The van der Waals surface area contributed by atoms with E-state index in [2.05, 4.69) is 0 Å². The van der Waals surface area contributed by atoms with Crippen LogP contribution in [0.4, 0.5) is 0 Å². The zero-order chi connectivity index (χ0) is 10.8. The first-order valence-electron chi connectivity index (χ1n) is 4.60. The summed E-state index contributed by atoms with van der Waals surface area (Å²) in [5.74, 6) is 0. The molecule has 5 heteroatoms. The van der Waals surface area contributed by atoms with Crippen molar-refractivity contribution in [1.29, 1.82) is 0 Å². The number of nitrogens with two attached hydrogens (primary N) is 1. The average molecular weight is 248 g/mol. The van der Waals surface area contributed by atoms with Gasteiger partial charge in [0.2, 0.25) is 0 Å². The highest BCUT2D eigenvalue weighted by Crippen LogP contribution is 2.29. The van der Waals surface area contributed by atoms with Gasteiger partial charge in [-0.3, -0.25) is 0 Å². The Kier molecular flexibility index (Phi) is 3.49. The first-order chi connectivity index (χ1) is 7.16. The molecule has 1 aliphatic heterocycles. The van der Waals surface area contributed by atoms with Gasteiger partial charge < -0.3 is 15.2 Å². The number of benzene rings is 1. The van der Waals surface area contributed by atoms with E-state index in [0.717, 1.165) is 5.56 Å². The normalized spacial score (nSPS) is 26.6. The molecule has 1 heterocycles. The second-order valence-corrected chi connectivity index (χ2v) is 4.25. The van der Waals surface area contributed by atoms with Crippen molar-refractivity contribution in [3.8, 4) is 0 Å². The lowest BCUT2D eigenvalue weighted by molar-refractivity contribution is -0.189. The maximum atomic E-state index is 5.89. The molecule has 0 aliphatic carbocycles. The molecule has 1 aromatic rings. The van der Waals surface area contributed by atoms with Gasteiger partial charge in [0.15, 0.2) is 6.29 Å². The molecule has 1 aromatic carbocycles. The van der Waals surface area contributed by atoms with Crippen LogP contribution in [-0.2, 0) is 9.47 Å². The summed E-state index contributed by atoms with van der Waals surface area (Å²) in [5, 5.41) is 1.02. The Bertz CT molecular complexity index is 351. The predicted octanol–water partition coefficient (Wildman–Crippen LogP) is 2.37. The molecule has 0 amide bonds. The monoisotopic (exact) mass is 247 g/mol. The Morgan fingerprint density at radius 3 is 2.40 bits per heavy atom. The summed E-state index contributed by atoms with van der Waals surface area (Å²) >= 11 is 11.7. The van der Waals surface area contributed by atoms with Crippen molar-refractivity contribution in [2.75, 3.05) is 13.2 Å². The van der Waals surface area contributed by atoms with Gasteiger partial charge in [0.05, 0.1) is 29.3 Å². The van der Waals surface area contributed by atoms with Crippen LogP contribution in [-0.4, -0.2) is 19.3 Å². The molecule has 3 nitrogen and oxygen atoms in total. The van der Waals surface area contributed by atoms with Crippen molar-refractivity contribution in [2.45, 2.75) is 12.3 Å². The topological polar surface area (TPSA) is 44.5 Å². The molecule has 1 fully saturated rings. The van der Waals surface area contributed by atoms with Gasteiger partial charge in [-0.05, 0) is 12.1 Å². The molecule has 1 aliphatic rings. The molecule has 0 atom stereocenters. The summed E-state index contributed by atoms with van der Waals surface area (Å²) in [6, 6.07) is 5.24. The average Bonchev–Trinajstić information content (AvgIpc) is 2.23. The Morgan fingerprint density at radius 2 is 1.80 bits per heavy atom. The third-order valence-electron chi connectivity index (χ3n) is 2.14. The fourth-order valence-corrected chi connectivity index (χ4v) is 1.68. The summed E-state index contributed by atoms with van der Waals surface area (Å²) in [6.07, 6.45) is -0.389. The van der Waals surface area contributed by atoms with Crippen LogP contribution in [0.2, 0.25) is 10.0 Å². The number of ether oxygens (including phenoxy) is 2. The van der Waals surface area contributed by atoms with Gasteiger partial charge >= 0.3 is 0 Å². The molecule has 0 saturated carbocycles. The Morgan fingerprint density at radius 1 is 1.13 bits per heavy atom. The number of hydrogen-bond acceptors (Lipinski definition) is 3. The molecule has 2 N–H and O–H groups in total. The minimum Gasteiger partial charge on any atom is -0.347 e. The minimum absolute atomic E-state index is 0.0518. The predicted molar refractivity (Wildman–Crippen MR) is 59.1 cm³/mol. The van der Waals surface area contributed by atoms with Gasteiger partial charge in [-0.2, -0.15) is 0 Å². The van der Waals surface area contributed by atoms with Crippen molar-refractivity contribution in [1.82, 2.24) is 0 Å². The van der Waals surface area contributed by atoms with E-state index < -0.39 is 0 Å². The van der Waals surface area contributed by atoms with E-state index in [1.165, 1.54) is 0 Å². The van der Waals surface area contributed by atoms with E-state index in [9.17, 15) is 0 Å². The lowest BCUT2D eigenvalue weighted by Gasteiger charge is -2.27. The van der Waals surface area contributed by atoms with Crippen LogP contribution < -0.4 is 5.73 Å². The largest absolute Gasteiger partial charge is 0.347 e. The van der Waals surface area contributed by atoms with E-state index in [0.29, 0.717) is 23.3 Å². The van der Waals surface area contributed by atoms with Crippen LogP contribution >= 0.6 is 23.2 Å². The third kappa shape index (κ3) is 2.62. The standard InChI is InChI=1S/C10H11Cl2NO2/c11-8-2-1-6(3-9(8)12)10-14-4-7(13)5-15-10/h1-3,7,10H,4-5,13H2. The zero-order valence-electron chi connectivity index (χ0n) is 7.95. The fraction of sp³-hybridized carbons (Fsp3) is 0.400. The van der Waals surface area contributed by atoms with Crippen LogP contribution in [0.1, 0.15) is 11.9 Å². The summed E-state index contributed by atoms with van der Waals surface area (Å²) in [4.78, 5) is 0. The molecule has 0 unspecified atom stereocenters. The SMILES string of the molecule is NC1COC(c2ccc(Cl)c(Cl)c2)OC1. The molecular weight excluding hydrogens is 237 g/mol. The van der Waals surface area contributed by atoms with Crippen LogP contribution in [0.5, 0.6) is 0 Å². The quantitative estimate of drug-likeness (QED) is 0.829. The second kappa shape index (κ2) is 4.68. The number of hydrogen-bond donors (Lipinski definition) is 1. The molecule has 0 radical (unpaired) electrons. The van der Waals surface area contributed by atoms with Gasteiger partial charge in [-0.25, -0.2) is 0 Å². The molecule has 0 aromatic heterocycles. The molecule has 15 heavy (non-hydrogen) atoms. The molecule has 2 rings (SSSR count). The van der Waals surface area contributed by atoms with Crippen molar-refractivity contribution in [3.63, 3.8) is 0 Å². The van der Waals surface area contributed by atoms with Gasteiger partial charge in [0, 0.05) is 5.56 Å². The van der Waals surface area contributed by atoms with Gasteiger partial charge in [-0.15, -0.1) is 0 Å². The Hall–Kier alpha value is -0.320. The van der Waals surface area contributed by atoms with Gasteiger partial charge in [-0.1, -0.05) is 29.3 Å². The minimum atomic E-state index is -0.389. The second-order valence-electron chi connectivity index (χ2n) is 3.43. The van der Waals surface area contributed by atoms with Crippen molar-refractivity contribution >= 4 is 23.2 Å². The summed E-state index contributed by atoms with van der Waals surface area (Å²) in [6.45, 7) is 0.982. The van der Waals surface area contributed by atoms with Crippen LogP contribution in [0, 0.1) is 0 Å². The lowest BCUT2D eigenvalue weighted by Crippen LogP contribution is -2.37. The highest BCUT2D eigenvalue weighted by Gasteiger charge is 2.21. The van der Waals surface area contributed by atoms with E-state index in [1.54, 1.807) is 12.1 Å². The molecule has 82 valence electrons. The van der Waals surface area contributed by atoms with Crippen LogP contribution in [0.15, 0.2) is 18.2 Å². The summed E-state index contributed by atoms with van der Waals surface area (Å²) in [5.41, 5.74) is 6.49. The van der Waals surface area contributed by atoms with E-state index in [4.69, 9.17) is 38.4 Å². The molecule has 0 spiro atoms. The maximum Gasteiger partial charge on any atom is 0.184 e. The maximum absolute atomic E-state index is 5.89.